The second-order valence-corrected chi connectivity index (χ2v) is 7.23. The largest absolute Gasteiger partial charge is 0.350 e. The van der Waals surface area contributed by atoms with Gasteiger partial charge in [0.05, 0.1) is 5.52 Å². The van der Waals surface area contributed by atoms with Crippen LogP contribution in [0.3, 0.4) is 0 Å². The summed E-state index contributed by atoms with van der Waals surface area (Å²) in [5.74, 6) is 0.0525. The number of amides is 2. The summed E-state index contributed by atoms with van der Waals surface area (Å²) >= 11 is 0. The molecule has 2 amide bonds. The van der Waals surface area contributed by atoms with Gasteiger partial charge >= 0.3 is 0 Å². The van der Waals surface area contributed by atoms with Crippen molar-refractivity contribution < 1.29 is 9.59 Å². The monoisotopic (exact) mass is 378 g/mol. The van der Waals surface area contributed by atoms with Crippen molar-refractivity contribution in [1.82, 2.24) is 14.7 Å². The minimum absolute atomic E-state index is 0.230. The van der Waals surface area contributed by atoms with Crippen molar-refractivity contribution in [3.8, 4) is 0 Å². The maximum absolute atomic E-state index is 13.3. The third kappa shape index (κ3) is 3.91. The van der Waals surface area contributed by atoms with E-state index in [-0.39, 0.29) is 23.3 Å². The van der Waals surface area contributed by atoms with Gasteiger partial charge in [-0.25, -0.2) is 4.98 Å². The number of benzene rings is 1. The summed E-state index contributed by atoms with van der Waals surface area (Å²) in [6.07, 6.45) is 1.76. The average Bonchev–Trinajstić information content (AvgIpc) is 3.06. The molecule has 0 unspecified atom stereocenters. The minimum Gasteiger partial charge on any atom is -0.350 e. The van der Waals surface area contributed by atoms with Crippen LogP contribution in [-0.2, 0) is 0 Å². The summed E-state index contributed by atoms with van der Waals surface area (Å²) in [6, 6.07) is 13.2. The first-order valence-electron chi connectivity index (χ1n) is 9.56. The summed E-state index contributed by atoms with van der Waals surface area (Å²) in [6.45, 7) is 9.02. The SMILES string of the molecule is CCN(C(=O)c1nc(C(=O)NCC(C)C)c2ccccn12)c1cccc(C)c1. The van der Waals surface area contributed by atoms with E-state index < -0.39 is 0 Å². The van der Waals surface area contributed by atoms with Crippen molar-refractivity contribution in [2.75, 3.05) is 18.0 Å². The molecule has 0 fully saturated rings. The summed E-state index contributed by atoms with van der Waals surface area (Å²) in [4.78, 5) is 32.1. The molecule has 2 heterocycles. The molecular formula is C22H26N4O2. The number of hydrogen-bond donors (Lipinski definition) is 1. The number of imidazole rings is 1. The maximum Gasteiger partial charge on any atom is 0.294 e. The van der Waals surface area contributed by atoms with Crippen LogP contribution in [0.25, 0.3) is 5.52 Å². The van der Waals surface area contributed by atoms with E-state index in [9.17, 15) is 9.59 Å². The maximum atomic E-state index is 13.3. The highest BCUT2D eigenvalue weighted by molar-refractivity contribution is 6.07. The first kappa shape index (κ1) is 19.6. The quantitative estimate of drug-likeness (QED) is 0.711. The number of aromatic nitrogens is 2. The number of nitrogens with one attached hydrogen (secondary N) is 1. The van der Waals surface area contributed by atoms with Crippen molar-refractivity contribution in [3.63, 3.8) is 0 Å². The number of rotatable bonds is 6. The highest BCUT2D eigenvalue weighted by Crippen LogP contribution is 2.20. The molecule has 0 atom stereocenters. The van der Waals surface area contributed by atoms with Crippen LogP contribution in [0.15, 0.2) is 48.7 Å². The van der Waals surface area contributed by atoms with Gasteiger partial charge in [-0.05, 0) is 49.6 Å². The third-order valence-corrected chi connectivity index (χ3v) is 4.50. The van der Waals surface area contributed by atoms with Gasteiger partial charge in [0.25, 0.3) is 11.8 Å². The fourth-order valence-corrected chi connectivity index (χ4v) is 3.10. The standard InChI is InChI=1S/C22H26N4O2/c1-5-25(17-10-8-9-16(4)13-17)22(28)20-24-19(21(27)23-14-15(2)3)18-11-6-7-12-26(18)20/h6-13,15H,5,14H2,1-4H3,(H,23,27). The lowest BCUT2D eigenvalue weighted by molar-refractivity contribution is 0.0946. The summed E-state index contributed by atoms with van der Waals surface area (Å²) in [5, 5.41) is 2.89. The molecule has 1 aromatic carbocycles. The van der Waals surface area contributed by atoms with E-state index in [1.54, 1.807) is 21.6 Å². The number of nitrogens with zero attached hydrogens (tertiary/aromatic N) is 3. The molecule has 2 aromatic heterocycles. The molecule has 1 N–H and O–H groups in total. The van der Waals surface area contributed by atoms with Crippen LogP contribution in [-0.4, -0.2) is 34.3 Å². The molecule has 6 heteroatoms. The molecule has 6 nitrogen and oxygen atoms in total. The number of carbonyl (C=O) groups excluding carboxylic acids is 2. The molecule has 0 aliphatic carbocycles. The Hall–Kier alpha value is -3.15. The predicted octanol–water partition coefficient (Wildman–Crippen LogP) is 3.70. The number of carbonyl (C=O) groups is 2. The highest BCUT2D eigenvalue weighted by Gasteiger charge is 2.25. The average molecular weight is 378 g/mol. The van der Waals surface area contributed by atoms with Gasteiger partial charge in [0.1, 0.15) is 0 Å². The van der Waals surface area contributed by atoms with Gasteiger partial charge in [-0.3, -0.25) is 14.0 Å². The Labute approximate surface area is 165 Å². The Bertz CT molecular complexity index is 1010. The topological polar surface area (TPSA) is 66.7 Å². The highest BCUT2D eigenvalue weighted by atomic mass is 16.2. The van der Waals surface area contributed by atoms with E-state index in [0.717, 1.165) is 11.3 Å². The van der Waals surface area contributed by atoms with Crippen LogP contribution in [0.1, 0.15) is 47.4 Å². The Morgan fingerprint density at radius 3 is 2.64 bits per heavy atom. The Morgan fingerprint density at radius 2 is 1.96 bits per heavy atom. The minimum atomic E-state index is -0.268. The Balaban J connectivity index is 2.02. The van der Waals surface area contributed by atoms with Crippen LogP contribution >= 0.6 is 0 Å². The smallest absolute Gasteiger partial charge is 0.294 e. The normalized spacial score (nSPS) is 11.0. The molecule has 0 aliphatic rings. The summed E-state index contributed by atoms with van der Waals surface area (Å²) < 4.78 is 1.69. The lowest BCUT2D eigenvalue weighted by Gasteiger charge is -2.20. The fourth-order valence-electron chi connectivity index (χ4n) is 3.10. The molecule has 146 valence electrons. The molecular weight excluding hydrogens is 352 g/mol. The van der Waals surface area contributed by atoms with Crippen molar-refractivity contribution in [2.24, 2.45) is 5.92 Å². The fraction of sp³-hybridized carbons (Fsp3) is 0.318. The van der Waals surface area contributed by atoms with Crippen LogP contribution in [0, 0.1) is 12.8 Å². The number of pyridine rings is 1. The second kappa shape index (κ2) is 8.25. The lowest BCUT2D eigenvalue weighted by atomic mass is 10.2. The van der Waals surface area contributed by atoms with Gasteiger partial charge in [0.2, 0.25) is 5.82 Å². The molecule has 28 heavy (non-hydrogen) atoms. The number of anilines is 1. The van der Waals surface area contributed by atoms with Crippen LogP contribution < -0.4 is 10.2 Å². The summed E-state index contributed by atoms with van der Waals surface area (Å²) in [7, 11) is 0. The molecule has 0 spiro atoms. The number of aryl methyl sites for hydroxylation is 1. The first-order valence-corrected chi connectivity index (χ1v) is 9.56. The van der Waals surface area contributed by atoms with E-state index in [1.807, 2.05) is 64.1 Å². The van der Waals surface area contributed by atoms with Crippen LogP contribution in [0.2, 0.25) is 0 Å². The first-order chi connectivity index (χ1) is 13.4. The van der Waals surface area contributed by atoms with Crippen molar-refractivity contribution in [3.05, 3.63) is 65.7 Å². The molecule has 3 aromatic rings. The molecule has 3 rings (SSSR count). The van der Waals surface area contributed by atoms with Gasteiger partial charge < -0.3 is 10.2 Å². The van der Waals surface area contributed by atoms with Crippen LogP contribution in [0.5, 0.6) is 0 Å². The molecule has 0 radical (unpaired) electrons. The van der Waals surface area contributed by atoms with E-state index in [0.29, 0.717) is 24.5 Å². The zero-order valence-corrected chi connectivity index (χ0v) is 16.8. The molecule has 0 bridgehead atoms. The predicted molar refractivity (Wildman–Crippen MR) is 111 cm³/mol. The molecule has 0 saturated heterocycles. The molecule has 0 aliphatic heterocycles. The van der Waals surface area contributed by atoms with Gasteiger partial charge in [0.15, 0.2) is 5.69 Å². The van der Waals surface area contributed by atoms with Crippen molar-refractivity contribution in [2.45, 2.75) is 27.7 Å². The Kier molecular flexibility index (Phi) is 5.78. The zero-order valence-electron chi connectivity index (χ0n) is 16.8. The number of fused-ring (bicyclic) bond motifs is 1. The van der Waals surface area contributed by atoms with Crippen molar-refractivity contribution >= 4 is 23.0 Å². The third-order valence-electron chi connectivity index (χ3n) is 4.50. The van der Waals surface area contributed by atoms with E-state index in [4.69, 9.17) is 0 Å². The number of hydrogen-bond acceptors (Lipinski definition) is 3. The van der Waals surface area contributed by atoms with Gasteiger partial charge in [0, 0.05) is 25.0 Å². The van der Waals surface area contributed by atoms with E-state index in [2.05, 4.69) is 10.3 Å². The second-order valence-electron chi connectivity index (χ2n) is 7.23. The lowest BCUT2D eigenvalue weighted by Crippen LogP contribution is -2.32. The molecule has 0 saturated carbocycles. The van der Waals surface area contributed by atoms with Gasteiger partial charge in [-0.2, -0.15) is 0 Å². The Morgan fingerprint density at radius 1 is 1.18 bits per heavy atom. The van der Waals surface area contributed by atoms with E-state index in [1.165, 1.54) is 0 Å². The van der Waals surface area contributed by atoms with Crippen LogP contribution in [0.4, 0.5) is 5.69 Å². The van der Waals surface area contributed by atoms with E-state index >= 15 is 0 Å². The van der Waals surface area contributed by atoms with Gasteiger partial charge in [-0.1, -0.05) is 32.0 Å². The summed E-state index contributed by atoms with van der Waals surface area (Å²) in [5.41, 5.74) is 2.77. The zero-order chi connectivity index (χ0) is 20.3. The van der Waals surface area contributed by atoms with Gasteiger partial charge in [-0.15, -0.1) is 0 Å². The van der Waals surface area contributed by atoms with Crippen molar-refractivity contribution in [1.29, 1.82) is 0 Å².